The molecule has 3 aliphatic heterocycles. The van der Waals surface area contributed by atoms with Crippen molar-refractivity contribution in [2.45, 2.75) is 63.1 Å². The van der Waals surface area contributed by atoms with Crippen molar-refractivity contribution in [3.8, 4) is 0 Å². The van der Waals surface area contributed by atoms with E-state index in [4.69, 9.17) is 14.2 Å². The average Bonchev–Trinajstić information content (AvgIpc) is 2.94. The first-order chi connectivity index (χ1) is 11.5. The van der Waals surface area contributed by atoms with E-state index >= 15 is 0 Å². The van der Waals surface area contributed by atoms with Gasteiger partial charge in [-0.3, -0.25) is 4.79 Å². The number of hydrogen-bond acceptors (Lipinski definition) is 8. The van der Waals surface area contributed by atoms with Gasteiger partial charge >= 0.3 is 11.9 Å². The number of ether oxygens (including phenoxy) is 3. The second-order valence-electron chi connectivity index (χ2n) is 7.26. The summed E-state index contributed by atoms with van der Waals surface area (Å²) in [4.78, 5) is 23.2. The van der Waals surface area contributed by atoms with Gasteiger partial charge in [0, 0.05) is 25.3 Å². The zero-order valence-electron chi connectivity index (χ0n) is 14.4. The van der Waals surface area contributed by atoms with Crippen LogP contribution in [0.5, 0.6) is 0 Å². The maximum absolute atomic E-state index is 12.2. The lowest BCUT2D eigenvalue weighted by Crippen LogP contribution is -2.54. The summed E-state index contributed by atoms with van der Waals surface area (Å²) in [5, 5.41) is 32.1. The van der Waals surface area contributed by atoms with Crippen molar-refractivity contribution in [1.82, 2.24) is 0 Å². The molecule has 0 amide bonds. The molecule has 3 rings (SSSR count). The fourth-order valence-electron chi connectivity index (χ4n) is 3.56. The second kappa shape index (κ2) is 5.63. The van der Waals surface area contributed by atoms with E-state index in [1.54, 1.807) is 6.92 Å². The van der Waals surface area contributed by atoms with Crippen LogP contribution in [0.15, 0.2) is 23.0 Å². The van der Waals surface area contributed by atoms with Crippen molar-refractivity contribution in [2.24, 2.45) is 0 Å². The standard InChI is InChI=1S/C17H22O8/c1-9(18)23-8-10-13-11(19)6-16(3,21)17(22)5-4-15(2,25-17)7-12(13)24-14(10)20/h7,11,19,21-22H,4-6,8H2,1-3H3/t11-,15-,16-,17+/m1/s1. The quantitative estimate of drug-likeness (QED) is 0.595. The van der Waals surface area contributed by atoms with Crippen molar-refractivity contribution in [3.63, 3.8) is 0 Å². The average molecular weight is 354 g/mol. The van der Waals surface area contributed by atoms with Gasteiger partial charge in [0.2, 0.25) is 0 Å². The lowest BCUT2D eigenvalue weighted by atomic mass is 9.82. The van der Waals surface area contributed by atoms with E-state index in [0.717, 1.165) is 0 Å². The molecule has 0 unspecified atom stereocenters. The highest BCUT2D eigenvalue weighted by atomic mass is 16.7. The molecule has 1 saturated heterocycles. The fourth-order valence-corrected chi connectivity index (χ4v) is 3.56. The van der Waals surface area contributed by atoms with Gasteiger partial charge in [0.25, 0.3) is 0 Å². The summed E-state index contributed by atoms with van der Waals surface area (Å²) in [6.07, 6.45) is 0.480. The Morgan fingerprint density at radius 2 is 2.04 bits per heavy atom. The Hall–Kier alpha value is -1.74. The molecule has 25 heavy (non-hydrogen) atoms. The smallest absolute Gasteiger partial charge is 0.343 e. The first-order valence-electron chi connectivity index (χ1n) is 8.11. The molecule has 8 nitrogen and oxygen atoms in total. The molecule has 0 aliphatic carbocycles. The molecule has 1 fully saturated rings. The van der Waals surface area contributed by atoms with Crippen LogP contribution in [0, 0.1) is 0 Å². The lowest BCUT2D eigenvalue weighted by Gasteiger charge is -2.39. The number of hydrogen-bond donors (Lipinski definition) is 3. The first kappa shape index (κ1) is 18.1. The molecule has 0 radical (unpaired) electrons. The van der Waals surface area contributed by atoms with Gasteiger partial charge < -0.3 is 29.5 Å². The summed E-state index contributed by atoms with van der Waals surface area (Å²) in [6.45, 7) is 3.93. The molecule has 3 N–H and O–H groups in total. The van der Waals surface area contributed by atoms with Crippen LogP contribution in [0.25, 0.3) is 0 Å². The zero-order valence-corrected chi connectivity index (χ0v) is 14.4. The van der Waals surface area contributed by atoms with Gasteiger partial charge in [-0.25, -0.2) is 4.79 Å². The topological polar surface area (TPSA) is 123 Å². The molecule has 0 aromatic heterocycles. The van der Waals surface area contributed by atoms with Crippen LogP contribution in [0.1, 0.15) is 40.0 Å². The monoisotopic (exact) mass is 354 g/mol. The van der Waals surface area contributed by atoms with E-state index in [-0.39, 0.29) is 36.4 Å². The summed E-state index contributed by atoms with van der Waals surface area (Å²) in [6, 6.07) is 0. The predicted octanol–water partition coefficient (Wildman–Crippen LogP) is 0.0601. The molecule has 0 aromatic carbocycles. The van der Waals surface area contributed by atoms with Crippen molar-refractivity contribution < 1.29 is 39.1 Å². The van der Waals surface area contributed by atoms with Gasteiger partial charge in [-0.05, 0) is 26.3 Å². The number of aliphatic hydroxyl groups is 3. The van der Waals surface area contributed by atoms with E-state index < -0.39 is 35.0 Å². The van der Waals surface area contributed by atoms with E-state index in [2.05, 4.69) is 0 Å². The number of rotatable bonds is 2. The molecular weight excluding hydrogens is 332 g/mol. The Bertz CT molecular complexity index is 691. The summed E-state index contributed by atoms with van der Waals surface area (Å²) in [7, 11) is 0. The fraction of sp³-hybridized carbons (Fsp3) is 0.647. The minimum absolute atomic E-state index is 0.0121. The van der Waals surface area contributed by atoms with Crippen LogP contribution in [-0.2, 0) is 23.8 Å². The highest BCUT2D eigenvalue weighted by molar-refractivity contribution is 5.95. The van der Waals surface area contributed by atoms with Crippen molar-refractivity contribution in [1.29, 1.82) is 0 Å². The van der Waals surface area contributed by atoms with Crippen molar-refractivity contribution in [2.75, 3.05) is 6.61 Å². The highest BCUT2D eigenvalue weighted by Gasteiger charge is 2.58. The van der Waals surface area contributed by atoms with E-state index in [9.17, 15) is 24.9 Å². The molecule has 3 heterocycles. The molecule has 0 aromatic rings. The summed E-state index contributed by atoms with van der Waals surface area (Å²) < 4.78 is 15.8. The summed E-state index contributed by atoms with van der Waals surface area (Å²) in [5.74, 6) is -3.03. The van der Waals surface area contributed by atoms with Gasteiger partial charge in [0.15, 0.2) is 5.79 Å². The molecule has 3 aliphatic rings. The van der Waals surface area contributed by atoms with Gasteiger partial charge in [-0.2, -0.15) is 0 Å². The molecule has 4 atom stereocenters. The molecule has 8 heteroatoms. The number of carbonyl (C=O) groups excluding carboxylic acids is 2. The van der Waals surface area contributed by atoms with Crippen LogP contribution in [-0.4, -0.2) is 57.0 Å². The highest BCUT2D eigenvalue weighted by Crippen LogP contribution is 2.48. The summed E-state index contributed by atoms with van der Waals surface area (Å²) >= 11 is 0. The van der Waals surface area contributed by atoms with E-state index in [1.165, 1.54) is 19.9 Å². The van der Waals surface area contributed by atoms with Crippen LogP contribution in [0.2, 0.25) is 0 Å². The third-order valence-electron chi connectivity index (χ3n) is 5.02. The van der Waals surface area contributed by atoms with E-state index in [0.29, 0.717) is 6.42 Å². The Kier molecular flexibility index (Phi) is 4.07. The first-order valence-corrected chi connectivity index (χ1v) is 8.11. The van der Waals surface area contributed by atoms with Gasteiger partial charge in [-0.1, -0.05) is 0 Å². The van der Waals surface area contributed by atoms with Crippen LogP contribution >= 0.6 is 0 Å². The zero-order chi connectivity index (χ0) is 18.6. The van der Waals surface area contributed by atoms with Crippen LogP contribution in [0.3, 0.4) is 0 Å². The predicted molar refractivity (Wildman–Crippen MR) is 82.8 cm³/mol. The van der Waals surface area contributed by atoms with Gasteiger partial charge in [-0.15, -0.1) is 0 Å². The number of aliphatic hydroxyl groups excluding tert-OH is 1. The Balaban J connectivity index is 2.09. The number of fused-ring (bicyclic) bond motifs is 3. The normalized spacial score (nSPS) is 40.6. The van der Waals surface area contributed by atoms with E-state index in [1.807, 2.05) is 0 Å². The largest absolute Gasteiger partial charge is 0.461 e. The number of esters is 2. The van der Waals surface area contributed by atoms with Crippen LogP contribution in [0.4, 0.5) is 0 Å². The maximum atomic E-state index is 12.2. The Morgan fingerprint density at radius 3 is 2.68 bits per heavy atom. The SMILES string of the molecule is CC(=O)OCC1=C2C(=C[C@@]3(C)CC[C@](O)(O3)[C@](C)(O)C[C@H]2O)OC1=O. The summed E-state index contributed by atoms with van der Waals surface area (Å²) in [5.41, 5.74) is -2.59. The molecule has 2 bridgehead atoms. The minimum atomic E-state index is -1.83. The lowest BCUT2D eigenvalue weighted by molar-refractivity contribution is -0.297. The Labute approximate surface area is 144 Å². The maximum Gasteiger partial charge on any atom is 0.343 e. The number of carbonyl (C=O) groups is 2. The molecule has 138 valence electrons. The molecule has 0 saturated carbocycles. The Morgan fingerprint density at radius 1 is 1.36 bits per heavy atom. The second-order valence-corrected chi connectivity index (χ2v) is 7.26. The minimum Gasteiger partial charge on any atom is -0.461 e. The molecular formula is C17H22O8. The van der Waals surface area contributed by atoms with Gasteiger partial charge in [0.05, 0.1) is 17.3 Å². The third kappa shape index (κ3) is 2.99. The third-order valence-corrected chi connectivity index (χ3v) is 5.02. The molecule has 0 spiro atoms. The van der Waals surface area contributed by atoms with Gasteiger partial charge in [0.1, 0.15) is 18.0 Å². The van der Waals surface area contributed by atoms with Crippen molar-refractivity contribution in [3.05, 3.63) is 23.0 Å². The van der Waals surface area contributed by atoms with Crippen molar-refractivity contribution >= 4 is 11.9 Å². The van der Waals surface area contributed by atoms with Crippen LogP contribution < -0.4 is 0 Å².